The van der Waals surface area contributed by atoms with Gasteiger partial charge in [-0.3, -0.25) is 4.79 Å². The fourth-order valence-corrected chi connectivity index (χ4v) is 2.87. The summed E-state index contributed by atoms with van der Waals surface area (Å²) in [6.45, 7) is 1.71. The Morgan fingerprint density at radius 2 is 1.94 bits per heavy atom. The van der Waals surface area contributed by atoms with Crippen molar-refractivity contribution < 1.29 is 33.3 Å². The first kappa shape index (κ1) is 22.0. The lowest BCUT2D eigenvalue weighted by molar-refractivity contribution is -0.150. The number of ether oxygens (including phenoxy) is 5. The van der Waals surface area contributed by atoms with Crippen LogP contribution in [0.3, 0.4) is 0 Å². The number of methoxy groups -OCH3 is 1. The number of para-hydroxylation sites is 2. The van der Waals surface area contributed by atoms with Crippen LogP contribution in [0.15, 0.2) is 48.5 Å². The maximum atomic E-state index is 12.0. The Morgan fingerprint density at radius 3 is 2.71 bits per heavy atom. The average molecular weight is 427 g/mol. The van der Waals surface area contributed by atoms with Crippen LogP contribution in [0.1, 0.15) is 12.5 Å². The SMILES string of the molecule is C/C=C/c1ccc(OCC(=O)OCC(=O)NCC2COc3ccccc3O2)c(OC)c1. The Kier molecular flexibility index (Phi) is 7.75. The summed E-state index contributed by atoms with van der Waals surface area (Å²) in [5, 5.41) is 2.66. The third kappa shape index (κ3) is 6.40. The minimum Gasteiger partial charge on any atom is -0.493 e. The molecule has 2 aromatic rings. The van der Waals surface area contributed by atoms with Crippen molar-refractivity contribution in [2.45, 2.75) is 13.0 Å². The smallest absolute Gasteiger partial charge is 0.344 e. The minimum atomic E-state index is -0.666. The second kappa shape index (κ2) is 10.9. The average Bonchev–Trinajstić information content (AvgIpc) is 2.80. The number of hydrogen-bond donors (Lipinski definition) is 1. The highest BCUT2D eigenvalue weighted by atomic mass is 16.6. The van der Waals surface area contributed by atoms with Crippen molar-refractivity contribution >= 4 is 18.0 Å². The van der Waals surface area contributed by atoms with Gasteiger partial charge < -0.3 is 29.0 Å². The fraction of sp³-hybridized carbons (Fsp3) is 0.304. The molecule has 1 atom stereocenters. The predicted octanol–water partition coefficient (Wildman–Crippen LogP) is 2.61. The Labute approximate surface area is 180 Å². The molecule has 8 nitrogen and oxygen atoms in total. The van der Waals surface area contributed by atoms with E-state index < -0.39 is 18.5 Å². The lowest BCUT2D eigenvalue weighted by atomic mass is 10.2. The Balaban J connectivity index is 1.37. The lowest BCUT2D eigenvalue weighted by Gasteiger charge is -2.26. The number of hydrogen-bond acceptors (Lipinski definition) is 7. The molecule has 0 saturated heterocycles. The summed E-state index contributed by atoms with van der Waals surface area (Å²) in [4.78, 5) is 23.9. The first-order valence-corrected chi connectivity index (χ1v) is 9.83. The number of benzene rings is 2. The van der Waals surface area contributed by atoms with Crippen molar-refractivity contribution in [1.29, 1.82) is 0 Å². The number of fused-ring (bicyclic) bond motifs is 1. The summed E-state index contributed by atoms with van der Waals surface area (Å²) in [5.74, 6) is 1.10. The largest absolute Gasteiger partial charge is 0.493 e. The molecule has 2 aromatic carbocycles. The van der Waals surface area contributed by atoms with E-state index in [2.05, 4.69) is 5.32 Å². The Hall–Kier alpha value is -3.68. The second-order valence-electron chi connectivity index (χ2n) is 6.66. The number of allylic oxidation sites excluding steroid dienone is 1. The lowest BCUT2D eigenvalue weighted by Crippen LogP contribution is -2.42. The molecule has 1 heterocycles. The molecule has 0 saturated carbocycles. The van der Waals surface area contributed by atoms with E-state index in [4.69, 9.17) is 23.7 Å². The molecule has 1 aliphatic rings. The highest BCUT2D eigenvalue weighted by Gasteiger charge is 2.21. The molecule has 0 aliphatic carbocycles. The maximum Gasteiger partial charge on any atom is 0.344 e. The highest BCUT2D eigenvalue weighted by Crippen LogP contribution is 2.30. The van der Waals surface area contributed by atoms with E-state index in [0.29, 0.717) is 29.6 Å². The highest BCUT2D eigenvalue weighted by molar-refractivity contribution is 5.81. The van der Waals surface area contributed by atoms with Gasteiger partial charge in [0, 0.05) is 0 Å². The second-order valence-corrected chi connectivity index (χ2v) is 6.66. The molecular weight excluding hydrogens is 402 g/mol. The molecule has 1 amide bonds. The minimum absolute atomic E-state index is 0.233. The van der Waals surface area contributed by atoms with Crippen LogP contribution in [0.5, 0.6) is 23.0 Å². The molecule has 8 heteroatoms. The van der Waals surface area contributed by atoms with Crippen molar-refractivity contribution in [3.05, 3.63) is 54.1 Å². The number of esters is 1. The first-order valence-electron chi connectivity index (χ1n) is 9.83. The van der Waals surface area contributed by atoms with E-state index >= 15 is 0 Å². The normalized spacial score (nSPS) is 14.7. The van der Waals surface area contributed by atoms with Gasteiger partial charge in [-0.1, -0.05) is 30.4 Å². The molecule has 0 fully saturated rings. The number of nitrogens with one attached hydrogen (secondary N) is 1. The standard InChI is InChI=1S/C23H25NO7/c1-3-6-16-9-10-19(21(11-16)27-2)29-15-23(26)30-14-22(25)24-12-17-13-28-18-7-4-5-8-20(18)31-17/h3-11,17H,12-15H2,1-2H3,(H,24,25)/b6-3+. The van der Waals surface area contributed by atoms with E-state index in [0.717, 1.165) is 5.56 Å². The van der Waals surface area contributed by atoms with Crippen LogP contribution in [0.2, 0.25) is 0 Å². The van der Waals surface area contributed by atoms with Gasteiger partial charge in [-0.25, -0.2) is 4.79 Å². The zero-order chi connectivity index (χ0) is 22.1. The molecule has 0 aromatic heterocycles. The van der Waals surface area contributed by atoms with E-state index in [1.54, 1.807) is 18.2 Å². The summed E-state index contributed by atoms with van der Waals surface area (Å²) >= 11 is 0. The molecule has 3 rings (SSSR count). The molecular formula is C23H25NO7. The van der Waals surface area contributed by atoms with Gasteiger partial charge in [0.15, 0.2) is 36.2 Å². The third-order valence-electron chi connectivity index (χ3n) is 4.35. The van der Waals surface area contributed by atoms with Crippen LogP contribution >= 0.6 is 0 Å². The summed E-state index contributed by atoms with van der Waals surface area (Å²) in [6.07, 6.45) is 3.50. The maximum absolute atomic E-state index is 12.0. The van der Waals surface area contributed by atoms with Gasteiger partial charge in [-0.05, 0) is 36.8 Å². The van der Waals surface area contributed by atoms with E-state index in [-0.39, 0.29) is 19.3 Å². The number of carbonyl (C=O) groups is 2. The molecule has 1 N–H and O–H groups in total. The zero-order valence-electron chi connectivity index (χ0n) is 17.5. The zero-order valence-corrected chi connectivity index (χ0v) is 17.5. The summed E-state index contributed by atoms with van der Waals surface area (Å²) in [5.41, 5.74) is 0.946. The van der Waals surface area contributed by atoms with Crippen molar-refractivity contribution in [3.8, 4) is 23.0 Å². The van der Waals surface area contributed by atoms with Gasteiger partial charge in [-0.2, -0.15) is 0 Å². The summed E-state index contributed by atoms with van der Waals surface area (Å²) < 4.78 is 27.0. The fourth-order valence-electron chi connectivity index (χ4n) is 2.87. The van der Waals surface area contributed by atoms with Crippen molar-refractivity contribution in [2.75, 3.05) is 33.5 Å². The molecule has 31 heavy (non-hydrogen) atoms. The van der Waals surface area contributed by atoms with Gasteiger partial charge in [0.25, 0.3) is 5.91 Å². The summed E-state index contributed by atoms with van der Waals surface area (Å²) in [6, 6.07) is 12.7. The van der Waals surface area contributed by atoms with Crippen LogP contribution in [0.4, 0.5) is 0 Å². The monoisotopic (exact) mass is 427 g/mol. The van der Waals surface area contributed by atoms with Gasteiger partial charge in [0.05, 0.1) is 13.7 Å². The van der Waals surface area contributed by atoms with E-state index in [1.165, 1.54) is 7.11 Å². The Morgan fingerprint density at radius 1 is 1.13 bits per heavy atom. The van der Waals surface area contributed by atoms with Gasteiger partial charge in [0.1, 0.15) is 12.7 Å². The van der Waals surface area contributed by atoms with Crippen LogP contribution in [-0.2, 0) is 14.3 Å². The van der Waals surface area contributed by atoms with Gasteiger partial charge in [0.2, 0.25) is 0 Å². The molecule has 1 aliphatic heterocycles. The van der Waals surface area contributed by atoms with Crippen molar-refractivity contribution in [2.24, 2.45) is 0 Å². The van der Waals surface area contributed by atoms with Gasteiger partial charge >= 0.3 is 5.97 Å². The van der Waals surface area contributed by atoms with Crippen LogP contribution in [0, 0.1) is 0 Å². The van der Waals surface area contributed by atoms with E-state index in [9.17, 15) is 9.59 Å². The van der Waals surface area contributed by atoms with Gasteiger partial charge in [-0.15, -0.1) is 0 Å². The first-order chi connectivity index (χ1) is 15.1. The third-order valence-corrected chi connectivity index (χ3v) is 4.35. The topological polar surface area (TPSA) is 92.3 Å². The molecule has 0 radical (unpaired) electrons. The van der Waals surface area contributed by atoms with Crippen LogP contribution in [-0.4, -0.2) is 51.5 Å². The summed E-state index contributed by atoms with van der Waals surface area (Å²) in [7, 11) is 1.52. The van der Waals surface area contributed by atoms with Crippen LogP contribution in [0.25, 0.3) is 6.08 Å². The number of rotatable bonds is 9. The van der Waals surface area contributed by atoms with Crippen LogP contribution < -0.4 is 24.3 Å². The number of amides is 1. The number of carbonyl (C=O) groups excluding carboxylic acids is 2. The molecule has 164 valence electrons. The Bertz CT molecular complexity index is 941. The predicted molar refractivity (Wildman–Crippen MR) is 114 cm³/mol. The molecule has 0 bridgehead atoms. The van der Waals surface area contributed by atoms with Crippen molar-refractivity contribution in [1.82, 2.24) is 5.32 Å². The molecule has 1 unspecified atom stereocenters. The quantitative estimate of drug-likeness (QED) is 0.615. The molecule has 0 spiro atoms. The van der Waals surface area contributed by atoms with E-state index in [1.807, 2.05) is 43.3 Å². The van der Waals surface area contributed by atoms with Crippen molar-refractivity contribution in [3.63, 3.8) is 0 Å².